The Bertz CT molecular complexity index is 509. The van der Waals surface area contributed by atoms with Crippen LogP contribution < -0.4 is 5.73 Å². The summed E-state index contributed by atoms with van der Waals surface area (Å²) in [7, 11) is 0. The Morgan fingerprint density at radius 3 is 2.81 bits per heavy atom. The van der Waals surface area contributed by atoms with Gasteiger partial charge in [0.05, 0.1) is 0 Å². The molecule has 0 unspecified atom stereocenters. The zero-order valence-corrected chi connectivity index (χ0v) is 9.07. The van der Waals surface area contributed by atoms with E-state index in [1.165, 1.54) is 12.1 Å². The van der Waals surface area contributed by atoms with Gasteiger partial charge in [0.1, 0.15) is 5.82 Å². The summed E-state index contributed by atoms with van der Waals surface area (Å²) in [4.78, 5) is 4.02. The van der Waals surface area contributed by atoms with Gasteiger partial charge in [0.25, 0.3) is 0 Å². The van der Waals surface area contributed by atoms with Gasteiger partial charge in [-0.3, -0.25) is 4.98 Å². The molecule has 1 aromatic carbocycles. The van der Waals surface area contributed by atoms with E-state index in [2.05, 4.69) is 4.98 Å². The van der Waals surface area contributed by atoms with Gasteiger partial charge in [0.15, 0.2) is 0 Å². The summed E-state index contributed by atoms with van der Waals surface area (Å²) >= 11 is 0. The minimum atomic E-state index is -0.236. The predicted octanol–water partition coefficient (Wildman–Crippen LogP) is 2.65. The summed E-state index contributed by atoms with van der Waals surface area (Å²) in [6.07, 6.45) is 3.42. The predicted molar refractivity (Wildman–Crippen MR) is 62.3 cm³/mol. The summed E-state index contributed by atoms with van der Waals surface area (Å²) in [5.41, 5.74) is 9.43. The van der Waals surface area contributed by atoms with Crippen molar-refractivity contribution in [3.8, 4) is 11.1 Å². The molecule has 0 aliphatic rings. The number of pyridine rings is 1. The number of nitrogens with zero attached hydrogens (tertiary/aromatic N) is 1. The second kappa shape index (κ2) is 4.41. The van der Waals surface area contributed by atoms with Crippen LogP contribution in [0.25, 0.3) is 11.1 Å². The van der Waals surface area contributed by atoms with E-state index in [1.807, 2.05) is 13.0 Å². The first-order chi connectivity index (χ1) is 7.72. The molecule has 3 heteroatoms. The molecular formula is C13H13FN2. The maximum Gasteiger partial charge on any atom is 0.123 e. The average Bonchev–Trinajstić information content (AvgIpc) is 2.32. The van der Waals surface area contributed by atoms with Crippen molar-refractivity contribution >= 4 is 0 Å². The van der Waals surface area contributed by atoms with Gasteiger partial charge in [0.2, 0.25) is 0 Å². The monoisotopic (exact) mass is 216 g/mol. The van der Waals surface area contributed by atoms with Crippen LogP contribution in [0.15, 0.2) is 36.7 Å². The van der Waals surface area contributed by atoms with E-state index in [4.69, 9.17) is 5.73 Å². The standard InChI is InChI=1S/C13H13FN2/c1-9-2-3-11(14)6-13(9)12-4-5-16-8-10(12)7-15/h2-6,8H,7,15H2,1H3. The second-order valence-electron chi connectivity index (χ2n) is 3.70. The van der Waals surface area contributed by atoms with Crippen LogP contribution in [0.3, 0.4) is 0 Å². The minimum absolute atomic E-state index is 0.236. The average molecular weight is 216 g/mol. The lowest BCUT2D eigenvalue weighted by Gasteiger charge is -2.10. The molecule has 1 aromatic heterocycles. The number of nitrogens with two attached hydrogens (primary N) is 1. The van der Waals surface area contributed by atoms with Crippen molar-refractivity contribution in [2.75, 3.05) is 0 Å². The van der Waals surface area contributed by atoms with Crippen molar-refractivity contribution in [1.29, 1.82) is 0 Å². The molecule has 0 aliphatic heterocycles. The van der Waals surface area contributed by atoms with E-state index in [9.17, 15) is 4.39 Å². The third-order valence-electron chi connectivity index (χ3n) is 2.61. The number of benzene rings is 1. The normalized spacial score (nSPS) is 10.4. The molecule has 0 atom stereocenters. The van der Waals surface area contributed by atoms with E-state index < -0.39 is 0 Å². The van der Waals surface area contributed by atoms with Gasteiger partial charge in [-0.05, 0) is 47.4 Å². The molecular weight excluding hydrogens is 203 g/mol. The highest BCUT2D eigenvalue weighted by atomic mass is 19.1. The lowest BCUT2D eigenvalue weighted by atomic mass is 9.97. The van der Waals surface area contributed by atoms with Crippen LogP contribution in [0.5, 0.6) is 0 Å². The number of rotatable bonds is 2. The number of aromatic nitrogens is 1. The van der Waals surface area contributed by atoms with Gasteiger partial charge in [-0.25, -0.2) is 4.39 Å². The lowest BCUT2D eigenvalue weighted by molar-refractivity contribution is 0.628. The van der Waals surface area contributed by atoms with Crippen LogP contribution in [-0.4, -0.2) is 4.98 Å². The quantitative estimate of drug-likeness (QED) is 0.838. The highest BCUT2D eigenvalue weighted by Crippen LogP contribution is 2.26. The van der Waals surface area contributed by atoms with Crippen molar-refractivity contribution in [3.63, 3.8) is 0 Å². The summed E-state index contributed by atoms with van der Waals surface area (Å²) in [5.74, 6) is -0.236. The molecule has 2 rings (SSSR count). The van der Waals surface area contributed by atoms with Crippen molar-refractivity contribution in [3.05, 3.63) is 53.6 Å². The molecule has 2 N–H and O–H groups in total. The van der Waals surface area contributed by atoms with E-state index >= 15 is 0 Å². The van der Waals surface area contributed by atoms with Gasteiger partial charge in [0, 0.05) is 18.9 Å². The van der Waals surface area contributed by atoms with Gasteiger partial charge in [-0.1, -0.05) is 6.07 Å². The molecule has 82 valence electrons. The minimum Gasteiger partial charge on any atom is -0.326 e. The number of hydrogen-bond acceptors (Lipinski definition) is 2. The molecule has 0 fully saturated rings. The highest BCUT2D eigenvalue weighted by Gasteiger charge is 2.07. The molecule has 16 heavy (non-hydrogen) atoms. The topological polar surface area (TPSA) is 38.9 Å². The first kappa shape index (κ1) is 10.8. The van der Waals surface area contributed by atoms with E-state index in [-0.39, 0.29) is 5.82 Å². The largest absolute Gasteiger partial charge is 0.326 e. The van der Waals surface area contributed by atoms with E-state index in [0.29, 0.717) is 6.54 Å². The van der Waals surface area contributed by atoms with Crippen molar-refractivity contribution in [2.45, 2.75) is 13.5 Å². The Labute approximate surface area is 93.9 Å². The van der Waals surface area contributed by atoms with Crippen molar-refractivity contribution in [1.82, 2.24) is 4.98 Å². The van der Waals surface area contributed by atoms with Gasteiger partial charge < -0.3 is 5.73 Å². The first-order valence-electron chi connectivity index (χ1n) is 5.12. The molecule has 0 saturated heterocycles. The van der Waals surface area contributed by atoms with Crippen LogP contribution in [0, 0.1) is 12.7 Å². The fourth-order valence-electron chi connectivity index (χ4n) is 1.74. The number of halogens is 1. The zero-order chi connectivity index (χ0) is 11.5. The Balaban J connectivity index is 2.62. The van der Waals surface area contributed by atoms with Gasteiger partial charge in [-0.15, -0.1) is 0 Å². The van der Waals surface area contributed by atoms with Gasteiger partial charge >= 0.3 is 0 Å². The SMILES string of the molecule is Cc1ccc(F)cc1-c1ccncc1CN. The molecule has 0 aliphatic carbocycles. The Morgan fingerprint density at radius 2 is 2.06 bits per heavy atom. The fourth-order valence-corrected chi connectivity index (χ4v) is 1.74. The van der Waals surface area contributed by atoms with E-state index in [0.717, 1.165) is 22.3 Å². The third-order valence-corrected chi connectivity index (χ3v) is 2.61. The van der Waals surface area contributed by atoms with Gasteiger partial charge in [-0.2, -0.15) is 0 Å². The van der Waals surface area contributed by atoms with Crippen LogP contribution in [-0.2, 0) is 6.54 Å². The summed E-state index contributed by atoms with van der Waals surface area (Å²) in [5, 5.41) is 0. The molecule has 0 saturated carbocycles. The van der Waals surface area contributed by atoms with E-state index in [1.54, 1.807) is 18.5 Å². The van der Waals surface area contributed by atoms with Crippen LogP contribution in [0.1, 0.15) is 11.1 Å². The fraction of sp³-hybridized carbons (Fsp3) is 0.154. The smallest absolute Gasteiger partial charge is 0.123 e. The highest BCUT2D eigenvalue weighted by molar-refractivity contribution is 5.70. The molecule has 2 nitrogen and oxygen atoms in total. The zero-order valence-electron chi connectivity index (χ0n) is 9.07. The summed E-state index contributed by atoms with van der Waals surface area (Å²) in [6, 6.07) is 6.63. The molecule has 1 heterocycles. The molecule has 0 spiro atoms. The molecule has 0 radical (unpaired) electrons. The molecule has 0 bridgehead atoms. The molecule has 2 aromatic rings. The third kappa shape index (κ3) is 1.95. The lowest BCUT2D eigenvalue weighted by Crippen LogP contribution is -2.00. The van der Waals surface area contributed by atoms with Crippen molar-refractivity contribution < 1.29 is 4.39 Å². The summed E-state index contributed by atoms with van der Waals surface area (Å²) in [6.45, 7) is 2.36. The Morgan fingerprint density at radius 1 is 1.25 bits per heavy atom. The molecule has 0 amide bonds. The number of hydrogen-bond donors (Lipinski definition) is 1. The maximum absolute atomic E-state index is 13.2. The Hall–Kier alpha value is -1.74. The number of aryl methyl sites for hydroxylation is 1. The van der Waals surface area contributed by atoms with Crippen molar-refractivity contribution in [2.24, 2.45) is 5.73 Å². The van der Waals surface area contributed by atoms with Crippen LogP contribution >= 0.6 is 0 Å². The van der Waals surface area contributed by atoms with Crippen LogP contribution in [0.2, 0.25) is 0 Å². The Kier molecular flexibility index (Phi) is 2.97. The second-order valence-corrected chi connectivity index (χ2v) is 3.70. The first-order valence-corrected chi connectivity index (χ1v) is 5.12. The summed E-state index contributed by atoms with van der Waals surface area (Å²) < 4.78 is 13.2. The van der Waals surface area contributed by atoms with Crippen LogP contribution in [0.4, 0.5) is 4.39 Å². The maximum atomic E-state index is 13.2.